The Labute approximate surface area is 84.0 Å². The van der Waals surface area contributed by atoms with Crippen LogP contribution in [0.5, 0.6) is 0 Å². The first-order valence-electron chi connectivity index (χ1n) is 4.27. The summed E-state index contributed by atoms with van der Waals surface area (Å²) in [4.78, 5) is 0. The molecule has 70 valence electrons. The maximum atomic E-state index is 8.71. The van der Waals surface area contributed by atoms with Gasteiger partial charge in [0.25, 0.3) is 0 Å². The largest absolute Gasteiger partial charge is 0.404 e. The summed E-state index contributed by atoms with van der Waals surface area (Å²) in [6.07, 6.45) is 1.41. The van der Waals surface area contributed by atoms with Crippen LogP contribution in [0.2, 0.25) is 0 Å². The maximum absolute atomic E-state index is 8.71. The first-order chi connectivity index (χ1) is 6.69. The molecule has 1 aromatic rings. The van der Waals surface area contributed by atoms with Crippen LogP contribution in [0.25, 0.3) is 5.57 Å². The van der Waals surface area contributed by atoms with Gasteiger partial charge in [-0.3, -0.25) is 0 Å². The first-order valence-corrected chi connectivity index (χ1v) is 4.27. The Morgan fingerprint density at radius 3 is 2.43 bits per heavy atom. The minimum Gasteiger partial charge on any atom is -0.404 e. The zero-order chi connectivity index (χ0) is 10.6. The van der Waals surface area contributed by atoms with E-state index >= 15 is 0 Å². The summed E-state index contributed by atoms with van der Waals surface area (Å²) in [5.74, 6) is 0. The lowest BCUT2D eigenvalue weighted by Gasteiger charge is -2.04. The summed E-state index contributed by atoms with van der Waals surface area (Å²) in [5, 5.41) is 8.71. The van der Waals surface area contributed by atoms with Crippen molar-refractivity contribution >= 4 is 5.57 Å². The van der Waals surface area contributed by atoms with Crippen LogP contribution in [0.3, 0.4) is 0 Å². The van der Waals surface area contributed by atoms with Gasteiger partial charge in [-0.1, -0.05) is 36.4 Å². The van der Waals surface area contributed by atoms with Crippen molar-refractivity contribution in [3.05, 3.63) is 53.7 Å². The number of allylic oxidation sites excluding steroid dienone is 2. The molecule has 2 N–H and O–H groups in total. The van der Waals surface area contributed by atoms with E-state index in [0.29, 0.717) is 11.1 Å². The van der Waals surface area contributed by atoms with Gasteiger partial charge in [0.2, 0.25) is 0 Å². The van der Waals surface area contributed by atoms with E-state index in [1.807, 2.05) is 37.3 Å². The zero-order valence-electron chi connectivity index (χ0n) is 8.12. The van der Waals surface area contributed by atoms with Crippen molar-refractivity contribution in [3.8, 4) is 6.07 Å². The van der Waals surface area contributed by atoms with Gasteiger partial charge in [-0.05, 0) is 12.5 Å². The highest BCUT2D eigenvalue weighted by atomic mass is 14.5. The molecule has 0 radical (unpaired) electrons. The lowest BCUT2D eigenvalue weighted by Crippen LogP contribution is -1.91. The van der Waals surface area contributed by atoms with Crippen molar-refractivity contribution in [2.75, 3.05) is 0 Å². The minimum absolute atomic E-state index is 0.386. The Bertz CT molecular complexity index is 405. The van der Waals surface area contributed by atoms with E-state index in [1.165, 1.54) is 11.8 Å². The molecule has 0 amide bonds. The Morgan fingerprint density at radius 1 is 1.43 bits per heavy atom. The van der Waals surface area contributed by atoms with Crippen molar-refractivity contribution in [1.29, 1.82) is 5.26 Å². The fraction of sp³-hybridized carbons (Fsp3) is 0.0833. The van der Waals surface area contributed by atoms with E-state index in [4.69, 9.17) is 11.0 Å². The number of hydrogen-bond donors (Lipinski definition) is 1. The predicted octanol–water partition coefficient (Wildman–Crippen LogP) is 2.37. The van der Waals surface area contributed by atoms with E-state index in [2.05, 4.69) is 6.58 Å². The molecule has 0 fully saturated rings. The van der Waals surface area contributed by atoms with Crippen LogP contribution < -0.4 is 5.73 Å². The lowest BCUT2D eigenvalue weighted by molar-refractivity contribution is 1.43. The van der Waals surface area contributed by atoms with Crippen LogP contribution in [0, 0.1) is 18.3 Å². The number of nitrogens with two attached hydrogens (primary N) is 1. The molecule has 0 aliphatic heterocycles. The number of aryl methyl sites for hydroxylation is 1. The van der Waals surface area contributed by atoms with Gasteiger partial charge >= 0.3 is 0 Å². The molecule has 0 unspecified atom stereocenters. The fourth-order valence-corrected chi connectivity index (χ4v) is 1.16. The molecular weight excluding hydrogens is 172 g/mol. The lowest BCUT2D eigenvalue weighted by atomic mass is 10.00. The van der Waals surface area contributed by atoms with Gasteiger partial charge < -0.3 is 5.73 Å². The molecule has 0 aliphatic carbocycles. The van der Waals surface area contributed by atoms with Crippen LogP contribution in [0.15, 0.2) is 42.6 Å². The van der Waals surface area contributed by atoms with Gasteiger partial charge in [0.1, 0.15) is 0 Å². The molecule has 0 atom stereocenters. The van der Waals surface area contributed by atoms with Crippen LogP contribution >= 0.6 is 0 Å². The van der Waals surface area contributed by atoms with E-state index in [-0.39, 0.29) is 0 Å². The summed E-state index contributed by atoms with van der Waals surface area (Å²) in [6.45, 7) is 5.64. The van der Waals surface area contributed by atoms with E-state index in [1.54, 1.807) is 0 Å². The molecule has 0 bridgehead atoms. The number of benzene rings is 1. The molecular formula is C12H12N2. The van der Waals surface area contributed by atoms with Gasteiger partial charge in [0.05, 0.1) is 11.6 Å². The van der Waals surface area contributed by atoms with Crippen LogP contribution in [-0.2, 0) is 0 Å². The second-order valence-corrected chi connectivity index (χ2v) is 3.04. The fourth-order valence-electron chi connectivity index (χ4n) is 1.16. The van der Waals surface area contributed by atoms with Crippen molar-refractivity contribution in [1.82, 2.24) is 0 Å². The minimum atomic E-state index is 0.386. The summed E-state index contributed by atoms with van der Waals surface area (Å²) >= 11 is 0. The third-order valence-corrected chi connectivity index (χ3v) is 1.99. The van der Waals surface area contributed by atoms with E-state index in [0.717, 1.165) is 5.56 Å². The monoisotopic (exact) mass is 184 g/mol. The van der Waals surface area contributed by atoms with Crippen LogP contribution in [0.1, 0.15) is 11.1 Å². The average Bonchev–Trinajstić information content (AvgIpc) is 2.21. The predicted molar refractivity (Wildman–Crippen MR) is 58.1 cm³/mol. The Balaban J connectivity index is 3.10. The SMILES string of the molecule is C=C(C#N)/C(=C\N)c1ccc(C)cc1. The van der Waals surface area contributed by atoms with Gasteiger partial charge in [0.15, 0.2) is 0 Å². The number of nitrogens with zero attached hydrogens (tertiary/aromatic N) is 1. The van der Waals surface area contributed by atoms with Crippen LogP contribution in [0.4, 0.5) is 0 Å². The van der Waals surface area contributed by atoms with Crippen LogP contribution in [-0.4, -0.2) is 0 Å². The Morgan fingerprint density at radius 2 is 2.00 bits per heavy atom. The molecule has 0 heterocycles. The Hall–Kier alpha value is -2.01. The van der Waals surface area contributed by atoms with E-state index < -0.39 is 0 Å². The molecule has 0 spiro atoms. The Kier molecular flexibility index (Phi) is 3.09. The second kappa shape index (κ2) is 4.29. The second-order valence-electron chi connectivity index (χ2n) is 3.04. The van der Waals surface area contributed by atoms with Gasteiger partial charge in [-0.2, -0.15) is 5.26 Å². The van der Waals surface area contributed by atoms with Crippen molar-refractivity contribution in [2.24, 2.45) is 5.73 Å². The van der Waals surface area contributed by atoms with Gasteiger partial charge in [-0.15, -0.1) is 0 Å². The number of rotatable bonds is 2. The molecule has 2 heteroatoms. The topological polar surface area (TPSA) is 49.8 Å². The molecule has 1 aromatic carbocycles. The van der Waals surface area contributed by atoms with Crippen molar-refractivity contribution in [3.63, 3.8) is 0 Å². The molecule has 14 heavy (non-hydrogen) atoms. The smallest absolute Gasteiger partial charge is 0.0992 e. The quantitative estimate of drug-likeness (QED) is 0.566. The molecule has 2 nitrogen and oxygen atoms in total. The number of nitriles is 1. The van der Waals surface area contributed by atoms with E-state index in [9.17, 15) is 0 Å². The first kappa shape index (κ1) is 10.1. The number of hydrogen-bond acceptors (Lipinski definition) is 2. The highest BCUT2D eigenvalue weighted by molar-refractivity contribution is 5.81. The zero-order valence-corrected chi connectivity index (χ0v) is 8.12. The van der Waals surface area contributed by atoms with Crippen molar-refractivity contribution < 1.29 is 0 Å². The average molecular weight is 184 g/mol. The standard InChI is InChI=1S/C12H12N2/c1-9-3-5-11(6-4-9)12(8-14)10(2)7-13/h3-6,8H,2,14H2,1H3/b12-8+. The van der Waals surface area contributed by atoms with Gasteiger partial charge in [-0.25, -0.2) is 0 Å². The highest BCUT2D eigenvalue weighted by Crippen LogP contribution is 2.20. The third-order valence-electron chi connectivity index (χ3n) is 1.99. The summed E-state index contributed by atoms with van der Waals surface area (Å²) < 4.78 is 0. The molecule has 0 saturated heterocycles. The maximum Gasteiger partial charge on any atom is 0.0992 e. The summed E-state index contributed by atoms with van der Waals surface area (Å²) in [6, 6.07) is 9.79. The highest BCUT2D eigenvalue weighted by Gasteiger charge is 2.03. The normalized spacial score (nSPS) is 10.7. The molecule has 0 saturated carbocycles. The van der Waals surface area contributed by atoms with Crippen molar-refractivity contribution in [2.45, 2.75) is 6.92 Å². The molecule has 0 aromatic heterocycles. The summed E-state index contributed by atoms with van der Waals surface area (Å²) in [7, 11) is 0. The third kappa shape index (κ3) is 2.02. The molecule has 1 rings (SSSR count). The summed E-state index contributed by atoms with van der Waals surface area (Å²) in [5.41, 5.74) is 8.61. The molecule has 0 aliphatic rings. The van der Waals surface area contributed by atoms with Gasteiger partial charge in [0, 0.05) is 11.8 Å².